The quantitative estimate of drug-likeness (QED) is 0.308. The summed E-state index contributed by atoms with van der Waals surface area (Å²) in [6, 6.07) is 0. The molecule has 0 rings (SSSR count). The first kappa shape index (κ1) is 11.8. The van der Waals surface area contributed by atoms with Gasteiger partial charge in [0.2, 0.25) is 5.91 Å². The van der Waals surface area contributed by atoms with Gasteiger partial charge in [-0.1, -0.05) is 25.9 Å². The molecule has 74 valence electrons. The predicted molar refractivity (Wildman–Crippen MR) is 51.1 cm³/mol. The first-order chi connectivity index (χ1) is 5.95. The van der Waals surface area contributed by atoms with Crippen LogP contribution in [0.3, 0.4) is 0 Å². The van der Waals surface area contributed by atoms with Gasteiger partial charge in [0.25, 0.3) is 0 Å². The van der Waals surface area contributed by atoms with E-state index >= 15 is 0 Å². The number of azide groups is 1. The summed E-state index contributed by atoms with van der Waals surface area (Å²) in [5.74, 6) is 0.000592. The minimum absolute atomic E-state index is 0.000592. The molecule has 0 radical (unpaired) electrons. The molecule has 0 unspecified atom stereocenters. The number of hydrogen-bond acceptors (Lipinski definition) is 2. The highest BCUT2D eigenvalue weighted by atomic mass is 16.1. The van der Waals surface area contributed by atoms with Crippen molar-refractivity contribution in [1.29, 1.82) is 0 Å². The number of hydrogen-bond donors (Lipinski definition) is 1. The molecule has 1 N–H and O–H groups in total. The molecule has 0 saturated heterocycles. The van der Waals surface area contributed by atoms with Crippen LogP contribution in [0.5, 0.6) is 0 Å². The Kier molecular flexibility index (Phi) is 4.92. The van der Waals surface area contributed by atoms with E-state index in [1.54, 1.807) is 0 Å². The molecule has 5 heteroatoms. The lowest BCUT2D eigenvalue weighted by molar-refractivity contribution is -0.122. The van der Waals surface area contributed by atoms with Gasteiger partial charge in [0.05, 0.1) is 0 Å². The summed E-state index contributed by atoms with van der Waals surface area (Å²) >= 11 is 0. The van der Waals surface area contributed by atoms with Crippen molar-refractivity contribution in [3.05, 3.63) is 10.4 Å². The molecule has 0 spiro atoms. The van der Waals surface area contributed by atoms with Crippen molar-refractivity contribution in [2.45, 2.75) is 27.2 Å². The largest absolute Gasteiger partial charge is 0.356 e. The predicted octanol–water partition coefficient (Wildman–Crippen LogP) is 1.85. The zero-order chi connectivity index (χ0) is 10.3. The van der Waals surface area contributed by atoms with E-state index < -0.39 is 0 Å². The van der Waals surface area contributed by atoms with Gasteiger partial charge in [0, 0.05) is 24.4 Å². The average Bonchev–Trinajstić information content (AvgIpc) is 1.94. The monoisotopic (exact) mass is 184 g/mol. The highest BCUT2D eigenvalue weighted by Gasteiger charge is 2.14. The summed E-state index contributed by atoms with van der Waals surface area (Å²) in [7, 11) is 0. The van der Waals surface area contributed by atoms with Crippen LogP contribution in [0.15, 0.2) is 5.11 Å². The number of carbonyl (C=O) groups is 1. The van der Waals surface area contributed by atoms with E-state index in [9.17, 15) is 4.79 Å². The lowest BCUT2D eigenvalue weighted by atomic mass is 9.92. The third-order valence-corrected chi connectivity index (χ3v) is 1.29. The second-order valence-electron chi connectivity index (χ2n) is 4.04. The van der Waals surface area contributed by atoms with E-state index in [1.165, 1.54) is 0 Å². The van der Waals surface area contributed by atoms with Gasteiger partial charge in [0.1, 0.15) is 0 Å². The van der Waals surface area contributed by atoms with Gasteiger partial charge in [-0.05, 0) is 10.9 Å². The standard InChI is InChI=1S/C8H16N4O/c1-8(2,3)6-7(13)10-4-5-11-12-9/h4-6H2,1-3H3,(H,10,13). The van der Waals surface area contributed by atoms with E-state index in [-0.39, 0.29) is 11.3 Å². The summed E-state index contributed by atoms with van der Waals surface area (Å²) in [6.07, 6.45) is 0.489. The van der Waals surface area contributed by atoms with Crippen molar-refractivity contribution < 1.29 is 4.79 Å². The molecule has 13 heavy (non-hydrogen) atoms. The SMILES string of the molecule is CC(C)(C)CC(=O)NCCN=[N+]=[N-]. The first-order valence-electron chi connectivity index (χ1n) is 4.23. The van der Waals surface area contributed by atoms with E-state index in [0.717, 1.165) is 0 Å². The van der Waals surface area contributed by atoms with Crippen molar-refractivity contribution >= 4 is 5.91 Å². The number of rotatable bonds is 4. The summed E-state index contributed by atoms with van der Waals surface area (Å²) in [5.41, 5.74) is 7.97. The van der Waals surface area contributed by atoms with Gasteiger partial charge in [-0.25, -0.2) is 0 Å². The van der Waals surface area contributed by atoms with Crippen LogP contribution >= 0.6 is 0 Å². The maximum atomic E-state index is 11.2. The van der Waals surface area contributed by atoms with Crippen molar-refractivity contribution in [3.8, 4) is 0 Å². The molecule has 0 aromatic heterocycles. The number of carbonyl (C=O) groups excluding carboxylic acids is 1. The second-order valence-corrected chi connectivity index (χ2v) is 4.04. The fraction of sp³-hybridized carbons (Fsp3) is 0.875. The fourth-order valence-corrected chi connectivity index (χ4v) is 0.834. The molecular weight excluding hydrogens is 168 g/mol. The maximum absolute atomic E-state index is 11.2. The zero-order valence-corrected chi connectivity index (χ0v) is 8.37. The van der Waals surface area contributed by atoms with Crippen LogP contribution in [-0.2, 0) is 4.79 Å². The summed E-state index contributed by atoms with van der Waals surface area (Å²) in [6.45, 7) is 6.73. The van der Waals surface area contributed by atoms with E-state index in [0.29, 0.717) is 19.5 Å². The van der Waals surface area contributed by atoms with Crippen LogP contribution in [0.25, 0.3) is 10.4 Å². The Labute approximate surface area is 78.1 Å². The Bertz CT molecular complexity index is 213. The maximum Gasteiger partial charge on any atom is 0.220 e. The van der Waals surface area contributed by atoms with Crippen molar-refractivity contribution in [1.82, 2.24) is 5.32 Å². The van der Waals surface area contributed by atoms with Gasteiger partial charge >= 0.3 is 0 Å². The molecule has 0 fully saturated rings. The topological polar surface area (TPSA) is 77.9 Å². The molecule has 0 aromatic carbocycles. The molecule has 0 aliphatic rings. The molecule has 0 bridgehead atoms. The molecule has 5 nitrogen and oxygen atoms in total. The third kappa shape index (κ3) is 8.69. The van der Waals surface area contributed by atoms with Crippen molar-refractivity contribution in [2.75, 3.05) is 13.1 Å². The number of nitrogens with one attached hydrogen (secondary N) is 1. The van der Waals surface area contributed by atoms with Gasteiger partial charge in [-0.3, -0.25) is 4.79 Å². The van der Waals surface area contributed by atoms with E-state index in [4.69, 9.17) is 5.53 Å². The Hall–Kier alpha value is -1.22. The molecule has 0 aliphatic carbocycles. The Balaban J connectivity index is 3.58. The molecule has 0 saturated carbocycles. The molecule has 1 amide bonds. The fourth-order valence-electron chi connectivity index (χ4n) is 0.834. The minimum Gasteiger partial charge on any atom is -0.356 e. The summed E-state index contributed by atoms with van der Waals surface area (Å²) < 4.78 is 0. The third-order valence-electron chi connectivity index (χ3n) is 1.29. The van der Waals surface area contributed by atoms with Crippen LogP contribution < -0.4 is 5.32 Å². The first-order valence-corrected chi connectivity index (χ1v) is 4.23. The van der Waals surface area contributed by atoms with Crippen LogP contribution in [0.2, 0.25) is 0 Å². The Morgan fingerprint density at radius 3 is 2.62 bits per heavy atom. The highest BCUT2D eigenvalue weighted by Crippen LogP contribution is 2.17. The number of nitrogens with zero attached hydrogens (tertiary/aromatic N) is 3. The zero-order valence-electron chi connectivity index (χ0n) is 8.37. The smallest absolute Gasteiger partial charge is 0.220 e. The van der Waals surface area contributed by atoms with Gasteiger partial charge in [-0.15, -0.1) is 0 Å². The van der Waals surface area contributed by atoms with Crippen LogP contribution in [0.1, 0.15) is 27.2 Å². The van der Waals surface area contributed by atoms with Crippen LogP contribution in [0.4, 0.5) is 0 Å². The van der Waals surface area contributed by atoms with Crippen molar-refractivity contribution in [2.24, 2.45) is 10.5 Å². The molecule has 0 aliphatic heterocycles. The summed E-state index contributed by atoms with van der Waals surface area (Å²) in [5, 5.41) is 5.98. The average molecular weight is 184 g/mol. The Morgan fingerprint density at radius 1 is 1.54 bits per heavy atom. The second kappa shape index (κ2) is 5.43. The Morgan fingerprint density at radius 2 is 2.15 bits per heavy atom. The lowest BCUT2D eigenvalue weighted by Gasteiger charge is -2.16. The van der Waals surface area contributed by atoms with Gasteiger partial charge in [-0.2, -0.15) is 0 Å². The molecule has 0 atom stereocenters. The van der Waals surface area contributed by atoms with E-state index in [2.05, 4.69) is 15.3 Å². The molecule has 0 aromatic rings. The molecule has 0 heterocycles. The van der Waals surface area contributed by atoms with Gasteiger partial charge in [0.15, 0.2) is 0 Å². The highest BCUT2D eigenvalue weighted by molar-refractivity contribution is 5.76. The lowest BCUT2D eigenvalue weighted by Crippen LogP contribution is -2.29. The number of amides is 1. The van der Waals surface area contributed by atoms with Crippen LogP contribution in [-0.4, -0.2) is 19.0 Å². The van der Waals surface area contributed by atoms with Crippen LogP contribution in [0, 0.1) is 5.41 Å². The molecular formula is C8H16N4O. The van der Waals surface area contributed by atoms with Gasteiger partial charge < -0.3 is 5.32 Å². The minimum atomic E-state index is 0.000592. The normalized spacial score (nSPS) is 10.4. The summed E-state index contributed by atoms with van der Waals surface area (Å²) in [4.78, 5) is 13.8. The van der Waals surface area contributed by atoms with E-state index in [1.807, 2.05) is 20.8 Å². The van der Waals surface area contributed by atoms with Crippen molar-refractivity contribution in [3.63, 3.8) is 0 Å².